The summed E-state index contributed by atoms with van der Waals surface area (Å²) in [4.78, 5) is 6.79. The van der Waals surface area contributed by atoms with Crippen molar-refractivity contribution in [2.24, 2.45) is 4.99 Å². The third-order valence-electron chi connectivity index (χ3n) is 4.49. The van der Waals surface area contributed by atoms with Crippen molar-refractivity contribution in [2.75, 3.05) is 12.0 Å². The summed E-state index contributed by atoms with van der Waals surface area (Å²) in [6, 6.07) is 16.3. The van der Waals surface area contributed by atoms with Crippen LogP contribution in [0.2, 0.25) is 0 Å². The van der Waals surface area contributed by atoms with E-state index in [2.05, 4.69) is 15.1 Å². The maximum atomic E-state index is 13.3. The topological polar surface area (TPSA) is 53.5 Å². The minimum absolute atomic E-state index is 0.277. The SMILES string of the molecule is CO[C@@H](c1ccc(F)cc1)[C@@H]1N=Cc2ccccc2N1c1cc(C)[nH]n1. The van der Waals surface area contributed by atoms with Gasteiger partial charge in [-0.3, -0.25) is 15.0 Å². The Morgan fingerprint density at radius 2 is 1.92 bits per heavy atom. The molecule has 3 aromatic rings. The molecule has 1 aliphatic rings. The van der Waals surface area contributed by atoms with Crippen LogP contribution in [0.15, 0.2) is 59.6 Å². The molecule has 0 aliphatic carbocycles. The van der Waals surface area contributed by atoms with E-state index < -0.39 is 0 Å². The number of hydrogen-bond donors (Lipinski definition) is 1. The van der Waals surface area contributed by atoms with Gasteiger partial charge in [-0.05, 0) is 30.7 Å². The summed E-state index contributed by atoms with van der Waals surface area (Å²) in [5.41, 5.74) is 3.83. The predicted octanol–water partition coefficient (Wildman–Crippen LogP) is 4.14. The van der Waals surface area contributed by atoms with Crippen molar-refractivity contribution in [3.05, 3.63) is 77.2 Å². The lowest BCUT2D eigenvalue weighted by atomic mass is 10.0. The van der Waals surface area contributed by atoms with Crippen LogP contribution in [0.1, 0.15) is 22.9 Å². The second-order valence-electron chi connectivity index (χ2n) is 6.24. The molecule has 1 aromatic heterocycles. The Bertz CT molecular complexity index is 935. The van der Waals surface area contributed by atoms with Gasteiger partial charge >= 0.3 is 0 Å². The van der Waals surface area contributed by atoms with Gasteiger partial charge in [0.25, 0.3) is 0 Å². The molecule has 0 amide bonds. The number of ether oxygens (including phenoxy) is 1. The number of aromatic amines is 1. The molecule has 0 saturated heterocycles. The fourth-order valence-corrected chi connectivity index (χ4v) is 3.26. The van der Waals surface area contributed by atoms with Crippen LogP contribution >= 0.6 is 0 Å². The fourth-order valence-electron chi connectivity index (χ4n) is 3.26. The van der Waals surface area contributed by atoms with Crippen LogP contribution in [0, 0.1) is 12.7 Å². The largest absolute Gasteiger partial charge is 0.373 e. The van der Waals surface area contributed by atoms with Crippen LogP contribution in [-0.2, 0) is 4.74 Å². The number of fused-ring (bicyclic) bond motifs is 1. The Labute approximate surface area is 151 Å². The van der Waals surface area contributed by atoms with Gasteiger partial charge in [0, 0.05) is 30.6 Å². The molecule has 2 aromatic carbocycles. The number of rotatable bonds is 4. The third kappa shape index (κ3) is 2.88. The van der Waals surface area contributed by atoms with Crippen LogP contribution in [0.5, 0.6) is 0 Å². The first kappa shape index (κ1) is 16.5. The fraction of sp³-hybridized carbons (Fsp3) is 0.200. The van der Waals surface area contributed by atoms with E-state index in [0.29, 0.717) is 0 Å². The van der Waals surface area contributed by atoms with Crippen molar-refractivity contribution in [3.63, 3.8) is 0 Å². The molecule has 0 spiro atoms. The molecular weight excluding hydrogens is 331 g/mol. The summed E-state index contributed by atoms with van der Waals surface area (Å²) in [5, 5.41) is 7.41. The van der Waals surface area contributed by atoms with Crippen LogP contribution in [0.25, 0.3) is 0 Å². The monoisotopic (exact) mass is 350 g/mol. The van der Waals surface area contributed by atoms with Gasteiger partial charge in [0.15, 0.2) is 12.0 Å². The zero-order chi connectivity index (χ0) is 18.1. The van der Waals surface area contributed by atoms with Crippen LogP contribution in [0.4, 0.5) is 15.9 Å². The predicted molar refractivity (Wildman–Crippen MR) is 99.4 cm³/mol. The van der Waals surface area contributed by atoms with E-state index in [-0.39, 0.29) is 18.1 Å². The number of benzene rings is 2. The summed E-state index contributed by atoms with van der Waals surface area (Å²) < 4.78 is 19.1. The van der Waals surface area contributed by atoms with E-state index in [1.54, 1.807) is 19.2 Å². The van der Waals surface area contributed by atoms with E-state index in [1.807, 2.05) is 43.5 Å². The molecule has 132 valence electrons. The lowest BCUT2D eigenvalue weighted by Crippen LogP contribution is -2.38. The smallest absolute Gasteiger partial charge is 0.157 e. The zero-order valence-corrected chi connectivity index (χ0v) is 14.6. The Hall–Kier alpha value is -2.99. The molecule has 0 fully saturated rings. The highest BCUT2D eigenvalue weighted by atomic mass is 19.1. The minimum Gasteiger partial charge on any atom is -0.373 e. The normalized spacial score (nSPS) is 17.2. The molecule has 2 atom stereocenters. The minimum atomic E-state index is -0.378. The number of aromatic nitrogens is 2. The Kier molecular flexibility index (Phi) is 4.26. The molecule has 0 saturated carbocycles. The van der Waals surface area contributed by atoms with Crippen LogP contribution in [-0.4, -0.2) is 29.7 Å². The third-order valence-corrected chi connectivity index (χ3v) is 4.49. The first-order valence-corrected chi connectivity index (χ1v) is 8.39. The number of nitrogens with zero attached hydrogens (tertiary/aromatic N) is 3. The van der Waals surface area contributed by atoms with Gasteiger partial charge in [-0.15, -0.1) is 0 Å². The van der Waals surface area contributed by atoms with Crippen molar-refractivity contribution in [2.45, 2.75) is 19.2 Å². The van der Waals surface area contributed by atoms with Gasteiger partial charge in [-0.2, -0.15) is 5.10 Å². The number of aliphatic imine (C=N–C) groups is 1. The highest BCUT2D eigenvalue weighted by Crippen LogP contribution is 2.38. The van der Waals surface area contributed by atoms with Gasteiger partial charge in [-0.25, -0.2) is 4.39 Å². The average Bonchev–Trinajstić information content (AvgIpc) is 3.09. The lowest BCUT2D eigenvalue weighted by Gasteiger charge is -2.37. The van der Waals surface area contributed by atoms with E-state index >= 15 is 0 Å². The average molecular weight is 350 g/mol. The first-order valence-electron chi connectivity index (χ1n) is 8.39. The van der Waals surface area contributed by atoms with Gasteiger partial charge in [-0.1, -0.05) is 30.3 Å². The summed E-state index contributed by atoms with van der Waals surface area (Å²) in [7, 11) is 1.64. The van der Waals surface area contributed by atoms with Crippen molar-refractivity contribution >= 4 is 17.7 Å². The van der Waals surface area contributed by atoms with Crippen molar-refractivity contribution in [1.29, 1.82) is 0 Å². The highest BCUT2D eigenvalue weighted by molar-refractivity contribution is 5.92. The van der Waals surface area contributed by atoms with Crippen molar-refractivity contribution in [1.82, 2.24) is 10.2 Å². The number of anilines is 2. The molecule has 26 heavy (non-hydrogen) atoms. The van der Waals surface area contributed by atoms with E-state index in [1.165, 1.54) is 12.1 Å². The lowest BCUT2D eigenvalue weighted by molar-refractivity contribution is 0.0823. The van der Waals surface area contributed by atoms with Gasteiger partial charge in [0.2, 0.25) is 0 Å². The quantitative estimate of drug-likeness (QED) is 0.769. The van der Waals surface area contributed by atoms with Gasteiger partial charge < -0.3 is 4.74 Å². The number of H-pyrrole nitrogens is 1. The summed E-state index contributed by atoms with van der Waals surface area (Å²) in [6.45, 7) is 1.96. The number of hydrogen-bond acceptors (Lipinski definition) is 4. The molecule has 1 aliphatic heterocycles. The number of para-hydroxylation sites is 1. The standard InChI is InChI=1S/C20H19FN4O/c1-13-11-18(24-23-13)25-17-6-4-3-5-15(17)12-22-20(25)19(26-2)14-7-9-16(21)10-8-14/h3-12,19-20H,1-2H3,(H,23,24)/t19-,20+/m0/s1. The Morgan fingerprint density at radius 3 is 2.62 bits per heavy atom. The molecular formula is C20H19FN4O. The molecule has 2 heterocycles. The zero-order valence-electron chi connectivity index (χ0n) is 14.6. The second kappa shape index (κ2) is 6.72. The highest BCUT2D eigenvalue weighted by Gasteiger charge is 2.34. The molecule has 6 heteroatoms. The summed E-state index contributed by atoms with van der Waals surface area (Å²) >= 11 is 0. The van der Waals surface area contributed by atoms with E-state index in [0.717, 1.165) is 28.3 Å². The molecule has 1 N–H and O–H groups in total. The molecule has 5 nitrogen and oxygen atoms in total. The Balaban J connectivity index is 1.81. The first-order chi connectivity index (χ1) is 12.7. The number of methoxy groups -OCH3 is 1. The number of aryl methyl sites for hydroxylation is 1. The molecule has 0 unspecified atom stereocenters. The van der Waals surface area contributed by atoms with E-state index in [4.69, 9.17) is 9.73 Å². The maximum absolute atomic E-state index is 13.3. The summed E-state index contributed by atoms with van der Waals surface area (Å²) in [5.74, 6) is 0.488. The molecule has 4 rings (SSSR count). The molecule has 0 radical (unpaired) electrons. The van der Waals surface area contributed by atoms with Gasteiger partial charge in [0.1, 0.15) is 11.9 Å². The number of nitrogens with one attached hydrogen (secondary N) is 1. The molecule has 0 bridgehead atoms. The second-order valence-corrected chi connectivity index (χ2v) is 6.24. The van der Waals surface area contributed by atoms with Crippen molar-refractivity contribution < 1.29 is 9.13 Å². The van der Waals surface area contributed by atoms with Gasteiger partial charge in [0.05, 0.1) is 5.69 Å². The Morgan fingerprint density at radius 1 is 1.15 bits per heavy atom. The maximum Gasteiger partial charge on any atom is 0.157 e. The number of halogens is 1. The van der Waals surface area contributed by atoms with Crippen LogP contribution in [0.3, 0.4) is 0 Å². The van der Waals surface area contributed by atoms with Crippen LogP contribution < -0.4 is 4.90 Å². The van der Waals surface area contributed by atoms with Crippen molar-refractivity contribution in [3.8, 4) is 0 Å². The summed E-state index contributed by atoms with van der Waals surface area (Å²) in [6.07, 6.45) is 1.12. The van der Waals surface area contributed by atoms with E-state index in [9.17, 15) is 4.39 Å².